The van der Waals surface area contributed by atoms with Gasteiger partial charge in [-0.1, -0.05) is 51.1 Å². The summed E-state index contributed by atoms with van der Waals surface area (Å²) in [5.74, 6) is 0. The van der Waals surface area contributed by atoms with Crippen LogP contribution in [0.15, 0.2) is 47.4 Å². The monoisotopic (exact) mass is 255 g/mol. The zero-order valence-electron chi connectivity index (χ0n) is 12.1. The number of nitrogens with zero attached hydrogens (tertiary/aromatic N) is 1. The molecule has 1 aromatic heterocycles. The topological polar surface area (TPSA) is 22.0 Å². The van der Waals surface area contributed by atoms with Gasteiger partial charge in [0.25, 0.3) is 5.56 Å². The van der Waals surface area contributed by atoms with Gasteiger partial charge < -0.3 is 4.57 Å². The number of hydrogen-bond acceptors (Lipinski definition) is 1. The second kappa shape index (κ2) is 5.04. The predicted molar refractivity (Wildman–Crippen MR) is 79.7 cm³/mol. The number of pyridine rings is 1. The first kappa shape index (κ1) is 13.6. The summed E-state index contributed by atoms with van der Waals surface area (Å²) in [5, 5.41) is 0. The quantitative estimate of drug-likeness (QED) is 0.805. The number of benzene rings is 1. The maximum absolute atomic E-state index is 12.0. The fourth-order valence-corrected chi connectivity index (χ4v) is 2.09. The number of rotatable bonds is 2. The summed E-state index contributed by atoms with van der Waals surface area (Å²) in [6.07, 6.45) is 1.84. The van der Waals surface area contributed by atoms with E-state index in [1.54, 1.807) is 4.57 Å². The zero-order chi connectivity index (χ0) is 14.0. The first-order valence-electron chi connectivity index (χ1n) is 6.63. The maximum atomic E-state index is 12.0. The Labute approximate surface area is 114 Å². The van der Waals surface area contributed by atoms with Crippen molar-refractivity contribution in [3.05, 3.63) is 69.6 Å². The van der Waals surface area contributed by atoms with E-state index in [2.05, 4.69) is 45.0 Å². The van der Waals surface area contributed by atoms with Crippen LogP contribution < -0.4 is 5.56 Å². The Morgan fingerprint density at radius 1 is 1.05 bits per heavy atom. The summed E-state index contributed by atoms with van der Waals surface area (Å²) >= 11 is 0. The molecule has 0 unspecified atom stereocenters. The lowest BCUT2D eigenvalue weighted by Gasteiger charge is -2.19. The summed E-state index contributed by atoms with van der Waals surface area (Å²) in [7, 11) is 0. The minimum absolute atomic E-state index is 0.0856. The van der Waals surface area contributed by atoms with E-state index in [0.717, 1.165) is 11.1 Å². The molecule has 0 spiro atoms. The molecule has 2 rings (SSSR count). The molecule has 0 saturated heterocycles. The molecule has 0 aliphatic rings. The standard InChI is InChI=1S/C17H21NO/c1-13-6-5-11-18(16(13)19)12-14-7-9-15(10-8-14)17(2,3)4/h5-11H,12H2,1-4H3. The normalized spacial score (nSPS) is 11.6. The molecule has 19 heavy (non-hydrogen) atoms. The van der Waals surface area contributed by atoms with Gasteiger partial charge in [0.05, 0.1) is 6.54 Å². The molecular formula is C17H21NO. The Balaban J connectivity index is 2.25. The maximum Gasteiger partial charge on any atom is 0.253 e. The Morgan fingerprint density at radius 3 is 2.26 bits per heavy atom. The van der Waals surface area contributed by atoms with Crippen molar-refractivity contribution < 1.29 is 0 Å². The molecule has 0 aliphatic heterocycles. The molecule has 100 valence electrons. The Kier molecular flexibility index (Phi) is 3.61. The lowest BCUT2D eigenvalue weighted by Crippen LogP contribution is -2.21. The minimum atomic E-state index is 0.0856. The highest BCUT2D eigenvalue weighted by atomic mass is 16.1. The number of aryl methyl sites for hydroxylation is 1. The van der Waals surface area contributed by atoms with Gasteiger partial charge in [0.2, 0.25) is 0 Å². The van der Waals surface area contributed by atoms with Crippen LogP contribution in [0, 0.1) is 6.92 Å². The largest absolute Gasteiger partial charge is 0.311 e. The van der Waals surface area contributed by atoms with E-state index < -0.39 is 0 Å². The van der Waals surface area contributed by atoms with Crippen molar-refractivity contribution in [3.63, 3.8) is 0 Å². The highest BCUT2D eigenvalue weighted by molar-refractivity contribution is 5.27. The molecule has 0 fully saturated rings. The second-order valence-corrected chi connectivity index (χ2v) is 6.07. The van der Waals surface area contributed by atoms with Gasteiger partial charge in [-0.3, -0.25) is 4.79 Å². The van der Waals surface area contributed by atoms with Crippen molar-refractivity contribution in [3.8, 4) is 0 Å². The molecule has 2 aromatic rings. The van der Waals surface area contributed by atoms with Crippen molar-refractivity contribution in [2.45, 2.75) is 39.7 Å². The summed E-state index contributed by atoms with van der Waals surface area (Å²) in [6.45, 7) is 9.08. The summed E-state index contributed by atoms with van der Waals surface area (Å²) in [6, 6.07) is 12.3. The van der Waals surface area contributed by atoms with Gasteiger partial charge in [-0.2, -0.15) is 0 Å². The lowest BCUT2D eigenvalue weighted by molar-refractivity contribution is 0.589. The third-order valence-corrected chi connectivity index (χ3v) is 3.38. The molecule has 0 saturated carbocycles. The average Bonchev–Trinajstić information content (AvgIpc) is 2.35. The van der Waals surface area contributed by atoms with Crippen molar-refractivity contribution in [1.29, 1.82) is 0 Å². The van der Waals surface area contributed by atoms with Crippen LogP contribution in [0.25, 0.3) is 0 Å². The van der Waals surface area contributed by atoms with Gasteiger partial charge in [0, 0.05) is 11.8 Å². The highest BCUT2D eigenvalue weighted by Crippen LogP contribution is 2.22. The molecule has 0 radical (unpaired) electrons. The van der Waals surface area contributed by atoms with Gasteiger partial charge in [-0.25, -0.2) is 0 Å². The number of aromatic nitrogens is 1. The van der Waals surface area contributed by atoms with Crippen LogP contribution in [0.3, 0.4) is 0 Å². The van der Waals surface area contributed by atoms with Crippen LogP contribution in [0.4, 0.5) is 0 Å². The molecular weight excluding hydrogens is 234 g/mol. The summed E-state index contributed by atoms with van der Waals surface area (Å²) < 4.78 is 1.75. The summed E-state index contributed by atoms with van der Waals surface area (Å²) in [4.78, 5) is 12.0. The minimum Gasteiger partial charge on any atom is -0.311 e. The van der Waals surface area contributed by atoms with Crippen molar-refractivity contribution in [2.24, 2.45) is 0 Å². The highest BCUT2D eigenvalue weighted by Gasteiger charge is 2.12. The molecule has 0 aliphatic carbocycles. The summed E-state index contributed by atoms with van der Waals surface area (Å²) in [5.41, 5.74) is 3.50. The Bertz CT molecular complexity index is 615. The molecule has 0 bridgehead atoms. The van der Waals surface area contributed by atoms with E-state index >= 15 is 0 Å². The molecule has 1 heterocycles. The molecule has 2 heteroatoms. The molecule has 0 atom stereocenters. The Hall–Kier alpha value is -1.83. The Morgan fingerprint density at radius 2 is 1.68 bits per heavy atom. The molecule has 2 nitrogen and oxygen atoms in total. The van der Waals surface area contributed by atoms with Crippen LogP contribution in [-0.4, -0.2) is 4.57 Å². The van der Waals surface area contributed by atoms with Gasteiger partial charge >= 0.3 is 0 Å². The smallest absolute Gasteiger partial charge is 0.253 e. The van der Waals surface area contributed by atoms with Crippen molar-refractivity contribution in [2.75, 3.05) is 0 Å². The fourth-order valence-electron chi connectivity index (χ4n) is 2.09. The predicted octanol–water partition coefficient (Wildman–Crippen LogP) is 3.50. The van der Waals surface area contributed by atoms with E-state index in [9.17, 15) is 4.79 Å². The van der Waals surface area contributed by atoms with E-state index in [1.807, 2.05) is 25.3 Å². The van der Waals surface area contributed by atoms with Gasteiger partial charge in [0.15, 0.2) is 0 Å². The van der Waals surface area contributed by atoms with Crippen LogP contribution in [-0.2, 0) is 12.0 Å². The average molecular weight is 255 g/mol. The van der Waals surface area contributed by atoms with Crippen LogP contribution in [0.5, 0.6) is 0 Å². The lowest BCUT2D eigenvalue weighted by atomic mass is 9.87. The SMILES string of the molecule is Cc1cccn(Cc2ccc(C(C)(C)C)cc2)c1=O. The first-order chi connectivity index (χ1) is 8.88. The van der Waals surface area contributed by atoms with Crippen molar-refractivity contribution in [1.82, 2.24) is 4.57 Å². The van der Waals surface area contributed by atoms with E-state index in [4.69, 9.17) is 0 Å². The third-order valence-electron chi connectivity index (χ3n) is 3.38. The number of hydrogen-bond donors (Lipinski definition) is 0. The fraction of sp³-hybridized carbons (Fsp3) is 0.353. The second-order valence-electron chi connectivity index (χ2n) is 6.07. The zero-order valence-corrected chi connectivity index (χ0v) is 12.1. The molecule has 0 amide bonds. The van der Waals surface area contributed by atoms with Crippen LogP contribution >= 0.6 is 0 Å². The van der Waals surface area contributed by atoms with E-state index in [-0.39, 0.29) is 11.0 Å². The molecule has 0 N–H and O–H groups in total. The van der Waals surface area contributed by atoms with E-state index in [1.165, 1.54) is 5.56 Å². The van der Waals surface area contributed by atoms with Gasteiger partial charge in [0.1, 0.15) is 0 Å². The molecule has 1 aromatic carbocycles. The van der Waals surface area contributed by atoms with Gasteiger partial charge in [-0.05, 0) is 29.5 Å². The third kappa shape index (κ3) is 3.14. The first-order valence-corrected chi connectivity index (χ1v) is 6.63. The van der Waals surface area contributed by atoms with Crippen LogP contribution in [0.2, 0.25) is 0 Å². The van der Waals surface area contributed by atoms with Crippen molar-refractivity contribution >= 4 is 0 Å². The van der Waals surface area contributed by atoms with Crippen LogP contribution in [0.1, 0.15) is 37.5 Å². The van der Waals surface area contributed by atoms with E-state index in [0.29, 0.717) is 6.54 Å². The van der Waals surface area contributed by atoms with Gasteiger partial charge in [-0.15, -0.1) is 0 Å².